The van der Waals surface area contributed by atoms with Crippen molar-refractivity contribution in [1.29, 1.82) is 0 Å². The van der Waals surface area contributed by atoms with E-state index >= 15 is 0 Å². The number of aromatic nitrogens is 2. The Morgan fingerprint density at radius 3 is 3.11 bits per heavy atom. The molecule has 0 atom stereocenters. The summed E-state index contributed by atoms with van der Waals surface area (Å²) in [5, 5.41) is 13.6. The zero-order valence-corrected chi connectivity index (χ0v) is 10.4. The fraction of sp³-hybridized carbons (Fsp3) is 0.250. The monoisotopic (exact) mass is 261 g/mol. The Morgan fingerprint density at radius 2 is 2.33 bits per heavy atom. The molecule has 18 heavy (non-hydrogen) atoms. The van der Waals surface area contributed by atoms with Gasteiger partial charge in [0.05, 0.1) is 11.9 Å². The number of phenols is 1. The van der Waals surface area contributed by atoms with Gasteiger partial charge in [-0.25, -0.2) is 0 Å². The number of carbonyl (C=O) groups is 1. The van der Waals surface area contributed by atoms with Crippen molar-refractivity contribution in [2.75, 3.05) is 11.4 Å². The number of rotatable bonds is 1. The molecule has 0 bridgehead atoms. The number of para-hydroxylation sites is 1. The van der Waals surface area contributed by atoms with E-state index in [1.807, 2.05) is 6.07 Å². The van der Waals surface area contributed by atoms with Crippen molar-refractivity contribution in [1.82, 2.24) is 9.59 Å². The topological polar surface area (TPSA) is 66.3 Å². The molecule has 92 valence electrons. The first-order valence-corrected chi connectivity index (χ1v) is 6.45. The molecule has 0 radical (unpaired) electrons. The van der Waals surface area contributed by atoms with Crippen LogP contribution in [0.1, 0.15) is 21.7 Å². The second-order valence-corrected chi connectivity index (χ2v) is 4.91. The van der Waals surface area contributed by atoms with Gasteiger partial charge in [-0.15, -0.1) is 5.10 Å². The SMILES string of the molecule is O=C(c1cnns1)N1CCCc2cccc(O)c21. The summed E-state index contributed by atoms with van der Waals surface area (Å²) in [5.74, 6) is 0.00507. The zero-order valence-electron chi connectivity index (χ0n) is 9.54. The maximum atomic E-state index is 12.3. The third-order valence-electron chi connectivity index (χ3n) is 3.01. The van der Waals surface area contributed by atoms with Gasteiger partial charge in [-0.2, -0.15) is 0 Å². The van der Waals surface area contributed by atoms with E-state index in [2.05, 4.69) is 9.59 Å². The summed E-state index contributed by atoms with van der Waals surface area (Å²) in [6.45, 7) is 0.612. The summed E-state index contributed by atoms with van der Waals surface area (Å²) in [7, 11) is 0. The molecule has 0 aliphatic carbocycles. The van der Waals surface area contributed by atoms with Gasteiger partial charge in [-0.05, 0) is 36.0 Å². The first-order valence-electron chi connectivity index (χ1n) is 5.67. The van der Waals surface area contributed by atoms with Gasteiger partial charge < -0.3 is 10.0 Å². The molecule has 1 aliphatic rings. The van der Waals surface area contributed by atoms with Crippen LogP contribution in [0.4, 0.5) is 5.69 Å². The maximum Gasteiger partial charge on any atom is 0.271 e. The number of aryl methyl sites for hydroxylation is 1. The minimum atomic E-state index is -0.146. The zero-order chi connectivity index (χ0) is 12.5. The molecule has 0 saturated heterocycles. The highest BCUT2D eigenvalue weighted by molar-refractivity contribution is 7.07. The summed E-state index contributed by atoms with van der Waals surface area (Å²) >= 11 is 1.07. The van der Waals surface area contributed by atoms with Crippen molar-refractivity contribution < 1.29 is 9.90 Å². The number of aromatic hydroxyl groups is 1. The Balaban J connectivity index is 2.04. The van der Waals surface area contributed by atoms with Crippen molar-refractivity contribution in [3.05, 3.63) is 34.8 Å². The number of hydrogen-bond acceptors (Lipinski definition) is 5. The van der Waals surface area contributed by atoms with E-state index in [1.54, 1.807) is 17.0 Å². The predicted molar refractivity (Wildman–Crippen MR) is 68.0 cm³/mol. The number of anilines is 1. The summed E-state index contributed by atoms with van der Waals surface area (Å²) in [6, 6.07) is 5.35. The highest BCUT2D eigenvalue weighted by atomic mass is 32.1. The predicted octanol–water partition coefficient (Wildman–Crippen LogP) is 1.84. The van der Waals surface area contributed by atoms with E-state index in [0.29, 0.717) is 17.1 Å². The molecule has 1 aliphatic heterocycles. The Kier molecular flexibility index (Phi) is 2.71. The normalized spacial score (nSPS) is 14.3. The number of fused-ring (bicyclic) bond motifs is 1. The summed E-state index contributed by atoms with van der Waals surface area (Å²) in [6.07, 6.45) is 3.24. The lowest BCUT2D eigenvalue weighted by Gasteiger charge is -2.29. The minimum Gasteiger partial charge on any atom is -0.506 e. The largest absolute Gasteiger partial charge is 0.506 e. The fourth-order valence-corrected chi connectivity index (χ4v) is 2.69. The molecule has 0 saturated carbocycles. The Bertz CT molecular complexity index is 583. The van der Waals surface area contributed by atoms with E-state index in [-0.39, 0.29) is 11.7 Å². The Hall–Kier alpha value is -1.95. The fourth-order valence-electron chi connectivity index (χ4n) is 2.23. The number of phenolic OH excluding ortho intramolecular Hbond substituents is 1. The standard InChI is InChI=1S/C12H11N3O2S/c16-9-5-1-3-8-4-2-6-15(11(8)9)12(17)10-7-13-14-18-10/h1,3,5,7,16H,2,4,6H2. The van der Waals surface area contributed by atoms with Gasteiger partial charge >= 0.3 is 0 Å². The lowest BCUT2D eigenvalue weighted by atomic mass is 10.0. The third kappa shape index (κ3) is 1.74. The molecular weight excluding hydrogens is 250 g/mol. The molecule has 0 unspecified atom stereocenters. The number of hydrogen-bond donors (Lipinski definition) is 1. The van der Waals surface area contributed by atoms with Gasteiger partial charge in [0.25, 0.3) is 5.91 Å². The number of carbonyl (C=O) groups excluding carboxylic acids is 1. The van der Waals surface area contributed by atoms with Gasteiger partial charge in [0, 0.05) is 6.54 Å². The van der Waals surface area contributed by atoms with Crippen LogP contribution >= 0.6 is 11.5 Å². The molecule has 1 aromatic heterocycles. The van der Waals surface area contributed by atoms with Crippen LogP contribution in [0.5, 0.6) is 5.75 Å². The quantitative estimate of drug-likeness (QED) is 0.850. The molecule has 3 rings (SSSR count). The average Bonchev–Trinajstić information content (AvgIpc) is 2.91. The maximum absolute atomic E-state index is 12.3. The molecule has 0 fully saturated rings. The molecule has 6 heteroatoms. The van der Waals surface area contributed by atoms with Crippen molar-refractivity contribution in [3.8, 4) is 5.75 Å². The first-order chi connectivity index (χ1) is 8.77. The number of benzene rings is 1. The molecular formula is C12H11N3O2S. The Labute approximate surface area is 108 Å². The van der Waals surface area contributed by atoms with Crippen molar-refractivity contribution in [2.45, 2.75) is 12.8 Å². The van der Waals surface area contributed by atoms with E-state index in [9.17, 15) is 9.90 Å². The van der Waals surface area contributed by atoms with Crippen LogP contribution in [-0.4, -0.2) is 27.1 Å². The average molecular weight is 261 g/mol. The van der Waals surface area contributed by atoms with E-state index in [4.69, 9.17) is 0 Å². The highest BCUT2D eigenvalue weighted by Crippen LogP contribution is 2.36. The molecule has 1 amide bonds. The van der Waals surface area contributed by atoms with Gasteiger partial charge in [0.1, 0.15) is 10.6 Å². The van der Waals surface area contributed by atoms with Crippen LogP contribution in [0.25, 0.3) is 0 Å². The van der Waals surface area contributed by atoms with Gasteiger partial charge in [0.15, 0.2) is 0 Å². The van der Waals surface area contributed by atoms with Gasteiger partial charge in [-0.3, -0.25) is 4.79 Å². The van der Waals surface area contributed by atoms with Crippen LogP contribution in [0.3, 0.4) is 0 Å². The summed E-state index contributed by atoms with van der Waals surface area (Å²) in [5.41, 5.74) is 1.63. The summed E-state index contributed by atoms with van der Waals surface area (Å²) in [4.78, 5) is 14.4. The second kappa shape index (κ2) is 4.38. The van der Waals surface area contributed by atoms with Gasteiger partial charge in [0.2, 0.25) is 0 Å². The van der Waals surface area contributed by atoms with Crippen molar-refractivity contribution in [3.63, 3.8) is 0 Å². The lowest BCUT2D eigenvalue weighted by molar-refractivity contribution is 0.0988. The van der Waals surface area contributed by atoms with Gasteiger partial charge in [-0.1, -0.05) is 16.6 Å². The van der Waals surface area contributed by atoms with Crippen molar-refractivity contribution >= 4 is 23.1 Å². The van der Waals surface area contributed by atoms with E-state index in [1.165, 1.54) is 6.20 Å². The van der Waals surface area contributed by atoms with Crippen LogP contribution in [0.15, 0.2) is 24.4 Å². The lowest BCUT2D eigenvalue weighted by Crippen LogP contribution is -2.35. The van der Waals surface area contributed by atoms with Crippen molar-refractivity contribution in [2.24, 2.45) is 0 Å². The van der Waals surface area contributed by atoms with Crippen LogP contribution in [0, 0.1) is 0 Å². The molecule has 1 N–H and O–H groups in total. The first kappa shape index (κ1) is 11.2. The third-order valence-corrected chi connectivity index (χ3v) is 3.67. The Morgan fingerprint density at radius 1 is 1.44 bits per heavy atom. The van der Waals surface area contributed by atoms with Crippen LogP contribution in [0.2, 0.25) is 0 Å². The van der Waals surface area contributed by atoms with Crippen LogP contribution < -0.4 is 4.90 Å². The van der Waals surface area contributed by atoms with E-state index in [0.717, 1.165) is 29.9 Å². The molecule has 2 aromatic rings. The molecule has 5 nitrogen and oxygen atoms in total. The summed E-state index contributed by atoms with van der Waals surface area (Å²) < 4.78 is 3.70. The smallest absolute Gasteiger partial charge is 0.271 e. The highest BCUT2D eigenvalue weighted by Gasteiger charge is 2.27. The number of amides is 1. The molecule has 0 spiro atoms. The number of nitrogens with zero attached hydrogens (tertiary/aromatic N) is 3. The second-order valence-electron chi connectivity index (χ2n) is 4.13. The molecule has 2 heterocycles. The minimum absolute atomic E-state index is 0.146. The van der Waals surface area contributed by atoms with E-state index < -0.39 is 0 Å². The van der Waals surface area contributed by atoms with Crippen LogP contribution in [-0.2, 0) is 6.42 Å². The molecule has 1 aromatic carbocycles.